The first-order valence-electron chi connectivity index (χ1n) is 8.03. The highest BCUT2D eigenvalue weighted by Crippen LogP contribution is 2.37. The maximum atomic E-state index is 13.3. The van der Waals surface area contributed by atoms with Gasteiger partial charge in [-0.25, -0.2) is 4.39 Å². The minimum atomic E-state index is -0.235. The van der Waals surface area contributed by atoms with Crippen LogP contribution in [0.5, 0.6) is 0 Å². The molecule has 0 amide bonds. The molecule has 22 heavy (non-hydrogen) atoms. The smallest absolute Gasteiger partial charge is 0.123 e. The summed E-state index contributed by atoms with van der Waals surface area (Å²) in [5, 5.41) is 9.95. The van der Waals surface area contributed by atoms with E-state index in [0.29, 0.717) is 0 Å². The van der Waals surface area contributed by atoms with Gasteiger partial charge in [0.05, 0.1) is 6.61 Å². The van der Waals surface area contributed by atoms with Crippen LogP contribution >= 0.6 is 0 Å². The molecule has 116 valence electrons. The summed E-state index contributed by atoms with van der Waals surface area (Å²) in [6.45, 7) is 4.18. The van der Waals surface area contributed by atoms with E-state index in [9.17, 15) is 9.50 Å². The molecule has 0 unspecified atom stereocenters. The van der Waals surface area contributed by atoms with Crippen molar-refractivity contribution >= 4 is 0 Å². The summed E-state index contributed by atoms with van der Waals surface area (Å²) < 4.78 is 13.3. The SMILES string of the molecule is CC(C)c1nc2c(c(-c3ccc(F)cc3)c1CO)CCCC2. The van der Waals surface area contributed by atoms with E-state index >= 15 is 0 Å². The number of aliphatic hydroxyl groups is 1. The minimum absolute atomic E-state index is 0.0273. The van der Waals surface area contributed by atoms with Gasteiger partial charge in [-0.3, -0.25) is 4.98 Å². The molecule has 2 nitrogen and oxygen atoms in total. The summed E-state index contributed by atoms with van der Waals surface area (Å²) in [4.78, 5) is 4.85. The third-order valence-electron chi connectivity index (χ3n) is 4.44. The number of hydrogen-bond donors (Lipinski definition) is 1. The highest BCUT2D eigenvalue weighted by molar-refractivity contribution is 5.73. The lowest BCUT2D eigenvalue weighted by Crippen LogP contribution is -2.14. The van der Waals surface area contributed by atoms with Crippen molar-refractivity contribution in [3.63, 3.8) is 0 Å². The van der Waals surface area contributed by atoms with Gasteiger partial charge in [0.15, 0.2) is 0 Å². The number of nitrogens with zero attached hydrogens (tertiary/aromatic N) is 1. The fourth-order valence-corrected chi connectivity index (χ4v) is 3.41. The molecule has 1 heterocycles. The topological polar surface area (TPSA) is 33.1 Å². The molecule has 0 saturated carbocycles. The second kappa shape index (κ2) is 6.17. The van der Waals surface area contributed by atoms with Crippen LogP contribution in [0, 0.1) is 5.82 Å². The van der Waals surface area contributed by atoms with E-state index < -0.39 is 0 Å². The Labute approximate surface area is 131 Å². The Morgan fingerprint density at radius 2 is 1.82 bits per heavy atom. The number of halogens is 1. The molecule has 0 radical (unpaired) electrons. The molecule has 1 aliphatic carbocycles. The van der Waals surface area contributed by atoms with Gasteiger partial charge >= 0.3 is 0 Å². The summed E-state index contributed by atoms with van der Waals surface area (Å²) in [5.41, 5.74) is 6.34. The first kappa shape index (κ1) is 15.2. The molecule has 0 fully saturated rings. The molecule has 1 N–H and O–H groups in total. The predicted molar refractivity (Wildman–Crippen MR) is 86.3 cm³/mol. The average molecular weight is 299 g/mol. The largest absolute Gasteiger partial charge is 0.392 e. The van der Waals surface area contributed by atoms with Crippen LogP contribution in [0.15, 0.2) is 24.3 Å². The molecule has 1 aliphatic rings. The summed E-state index contributed by atoms with van der Waals surface area (Å²) in [6.07, 6.45) is 4.29. The number of aromatic nitrogens is 1. The van der Waals surface area contributed by atoms with Crippen LogP contribution < -0.4 is 0 Å². The van der Waals surface area contributed by atoms with Crippen molar-refractivity contribution in [1.29, 1.82) is 0 Å². The lowest BCUT2D eigenvalue weighted by Gasteiger charge is -2.25. The average Bonchev–Trinajstić information content (AvgIpc) is 2.53. The Morgan fingerprint density at radius 3 is 2.45 bits per heavy atom. The molecule has 3 rings (SSSR count). The van der Waals surface area contributed by atoms with E-state index in [0.717, 1.165) is 47.3 Å². The fourth-order valence-electron chi connectivity index (χ4n) is 3.41. The van der Waals surface area contributed by atoms with Crippen molar-refractivity contribution in [1.82, 2.24) is 4.98 Å². The second-order valence-electron chi connectivity index (χ2n) is 6.30. The summed E-state index contributed by atoms with van der Waals surface area (Å²) >= 11 is 0. The molecule has 1 aromatic carbocycles. The van der Waals surface area contributed by atoms with E-state index in [-0.39, 0.29) is 18.3 Å². The zero-order chi connectivity index (χ0) is 15.7. The Morgan fingerprint density at radius 1 is 1.14 bits per heavy atom. The van der Waals surface area contributed by atoms with Crippen molar-refractivity contribution < 1.29 is 9.50 Å². The fraction of sp³-hybridized carbons (Fsp3) is 0.421. The molecule has 0 bridgehead atoms. The highest BCUT2D eigenvalue weighted by atomic mass is 19.1. The van der Waals surface area contributed by atoms with Gasteiger partial charge in [0, 0.05) is 17.0 Å². The van der Waals surface area contributed by atoms with Crippen LogP contribution in [-0.2, 0) is 19.4 Å². The molecule has 0 aliphatic heterocycles. The van der Waals surface area contributed by atoms with E-state index in [2.05, 4.69) is 13.8 Å². The lowest BCUT2D eigenvalue weighted by atomic mass is 9.84. The zero-order valence-electron chi connectivity index (χ0n) is 13.2. The number of pyridine rings is 1. The van der Waals surface area contributed by atoms with Crippen LogP contribution in [0.3, 0.4) is 0 Å². The third-order valence-corrected chi connectivity index (χ3v) is 4.44. The van der Waals surface area contributed by atoms with Gasteiger partial charge in [0.25, 0.3) is 0 Å². The quantitative estimate of drug-likeness (QED) is 0.912. The number of rotatable bonds is 3. The summed E-state index contributed by atoms with van der Waals surface area (Å²) in [7, 11) is 0. The Bertz CT molecular complexity index is 677. The Kier molecular flexibility index (Phi) is 4.25. The van der Waals surface area contributed by atoms with Gasteiger partial charge in [0.2, 0.25) is 0 Å². The molecule has 3 heteroatoms. The van der Waals surface area contributed by atoms with E-state index in [1.807, 2.05) is 12.1 Å². The molecular formula is C19H22FNO. The van der Waals surface area contributed by atoms with Crippen LogP contribution in [0.25, 0.3) is 11.1 Å². The molecule has 0 atom stereocenters. The maximum Gasteiger partial charge on any atom is 0.123 e. The van der Waals surface area contributed by atoms with Crippen molar-refractivity contribution in [3.8, 4) is 11.1 Å². The van der Waals surface area contributed by atoms with Crippen LogP contribution in [-0.4, -0.2) is 10.1 Å². The normalized spacial score (nSPS) is 14.2. The number of aliphatic hydroxyl groups excluding tert-OH is 1. The van der Waals surface area contributed by atoms with E-state index in [4.69, 9.17) is 4.98 Å². The first-order chi connectivity index (χ1) is 10.6. The van der Waals surface area contributed by atoms with Crippen LogP contribution in [0.2, 0.25) is 0 Å². The zero-order valence-corrected chi connectivity index (χ0v) is 13.2. The Hall–Kier alpha value is -1.74. The van der Waals surface area contributed by atoms with Gasteiger partial charge in [0.1, 0.15) is 5.82 Å². The standard InChI is InChI=1S/C19H22FNO/c1-12(2)19-16(11-22)18(13-7-9-14(20)10-8-13)15-5-3-4-6-17(15)21-19/h7-10,12,22H,3-6,11H2,1-2H3. The number of benzene rings is 1. The van der Waals surface area contributed by atoms with E-state index in [1.165, 1.54) is 24.1 Å². The lowest BCUT2D eigenvalue weighted by molar-refractivity contribution is 0.279. The highest BCUT2D eigenvalue weighted by Gasteiger charge is 2.23. The van der Waals surface area contributed by atoms with E-state index in [1.54, 1.807) is 0 Å². The van der Waals surface area contributed by atoms with Gasteiger partial charge in [-0.15, -0.1) is 0 Å². The van der Waals surface area contributed by atoms with Crippen molar-refractivity contribution in [2.24, 2.45) is 0 Å². The van der Waals surface area contributed by atoms with Crippen LogP contribution in [0.1, 0.15) is 55.1 Å². The van der Waals surface area contributed by atoms with Gasteiger partial charge in [-0.05, 0) is 60.4 Å². The maximum absolute atomic E-state index is 13.3. The number of aryl methyl sites for hydroxylation is 1. The molecule has 0 spiro atoms. The summed E-state index contributed by atoms with van der Waals surface area (Å²) in [5.74, 6) is 0.0230. The molecule has 2 aromatic rings. The number of hydrogen-bond acceptors (Lipinski definition) is 2. The first-order valence-corrected chi connectivity index (χ1v) is 8.03. The Balaban J connectivity index is 2.29. The number of fused-ring (bicyclic) bond motifs is 1. The van der Waals surface area contributed by atoms with Gasteiger partial charge in [-0.2, -0.15) is 0 Å². The van der Waals surface area contributed by atoms with Crippen molar-refractivity contribution in [2.45, 2.75) is 52.1 Å². The predicted octanol–water partition coefficient (Wildman–Crippen LogP) is 4.38. The molecule has 1 aromatic heterocycles. The summed E-state index contributed by atoms with van der Waals surface area (Å²) in [6, 6.07) is 6.59. The molecule has 0 saturated heterocycles. The van der Waals surface area contributed by atoms with Crippen molar-refractivity contribution in [3.05, 3.63) is 52.6 Å². The van der Waals surface area contributed by atoms with Crippen LogP contribution in [0.4, 0.5) is 4.39 Å². The van der Waals surface area contributed by atoms with Crippen molar-refractivity contribution in [2.75, 3.05) is 0 Å². The van der Waals surface area contributed by atoms with Gasteiger partial charge in [-0.1, -0.05) is 26.0 Å². The molecular weight excluding hydrogens is 277 g/mol. The van der Waals surface area contributed by atoms with Gasteiger partial charge < -0.3 is 5.11 Å². The second-order valence-corrected chi connectivity index (χ2v) is 6.30. The monoisotopic (exact) mass is 299 g/mol. The third kappa shape index (κ3) is 2.66. The minimum Gasteiger partial charge on any atom is -0.392 e.